The van der Waals surface area contributed by atoms with Crippen LogP contribution in [0, 0.1) is 16.7 Å². The minimum atomic E-state index is -0.0324. The second-order valence-corrected chi connectivity index (χ2v) is 1.81. The van der Waals surface area contributed by atoms with Crippen LogP contribution in [-0.2, 0) is 0 Å². The van der Waals surface area contributed by atoms with Gasteiger partial charge in [0.25, 0.3) is 0 Å². The number of nitrogens with zero attached hydrogens (tertiary/aromatic N) is 3. The summed E-state index contributed by atoms with van der Waals surface area (Å²) >= 11 is 0. The molecule has 0 aliphatic heterocycles. The SMILES string of the molecule is N#C[N+]([O-])=Nc1ccccc1. The summed E-state index contributed by atoms with van der Waals surface area (Å²) < 4.78 is 0. The van der Waals surface area contributed by atoms with Gasteiger partial charge in [0.1, 0.15) is 5.69 Å². The Morgan fingerprint density at radius 1 is 1.36 bits per heavy atom. The average Bonchev–Trinajstić information content (AvgIpc) is 2.06. The maximum absolute atomic E-state index is 10.4. The Hall–Kier alpha value is -1.89. The fraction of sp³-hybridized carbons (Fsp3) is 0. The standard InChI is InChI=1S/C7H5N3O/c8-6-10(11)9-7-4-2-1-3-5-7/h1-5H. The van der Waals surface area contributed by atoms with E-state index >= 15 is 0 Å². The van der Waals surface area contributed by atoms with Crippen molar-refractivity contribution >= 4 is 5.69 Å². The quantitative estimate of drug-likeness (QED) is 0.200. The van der Waals surface area contributed by atoms with Gasteiger partial charge in [0.2, 0.25) is 0 Å². The minimum absolute atomic E-state index is 0.0324. The molecule has 0 heterocycles. The molecule has 1 aromatic carbocycles. The van der Waals surface area contributed by atoms with Crippen LogP contribution in [0.15, 0.2) is 35.4 Å². The van der Waals surface area contributed by atoms with E-state index in [2.05, 4.69) is 5.11 Å². The van der Waals surface area contributed by atoms with Crippen LogP contribution < -0.4 is 0 Å². The van der Waals surface area contributed by atoms with Crippen molar-refractivity contribution in [1.82, 2.24) is 0 Å². The van der Waals surface area contributed by atoms with Crippen LogP contribution in [-0.4, -0.2) is 4.86 Å². The van der Waals surface area contributed by atoms with Crippen molar-refractivity contribution in [1.29, 1.82) is 5.26 Å². The van der Waals surface area contributed by atoms with Gasteiger partial charge in [-0.05, 0) is 12.1 Å². The van der Waals surface area contributed by atoms with Crippen molar-refractivity contribution < 1.29 is 4.86 Å². The van der Waals surface area contributed by atoms with E-state index in [0.29, 0.717) is 5.69 Å². The molecule has 54 valence electrons. The Morgan fingerprint density at radius 2 is 2.00 bits per heavy atom. The lowest BCUT2D eigenvalue weighted by atomic mass is 10.3. The van der Waals surface area contributed by atoms with E-state index in [0.717, 1.165) is 0 Å². The van der Waals surface area contributed by atoms with E-state index in [-0.39, 0.29) is 4.86 Å². The Bertz CT molecular complexity index is 299. The van der Waals surface area contributed by atoms with Gasteiger partial charge in [-0.3, -0.25) is 0 Å². The summed E-state index contributed by atoms with van der Waals surface area (Å²) in [5.74, 6) is 0. The molecule has 0 amide bonds. The number of azo groups is 1. The Kier molecular flexibility index (Phi) is 2.18. The van der Waals surface area contributed by atoms with Gasteiger partial charge in [0.05, 0.1) is 0 Å². The third kappa shape index (κ3) is 2.06. The summed E-state index contributed by atoms with van der Waals surface area (Å²) in [6.07, 6.45) is 1.32. The van der Waals surface area contributed by atoms with Crippen LogP contribution in [0.1, 0.15) is 0 Å². The molecule has 0 atom stereocenters. The van der Waals surface area contributed by atoms with Crippen LogP contribution in [0.2, 0.25) is 0 Å². The maximum Gasteiger partial charge on any atom is 0.485 e. The van der Waals surface area contributed by atoms with Crippen LogP contribution in [0.3, 0.4) is 0 Å². The fourth-order valence-corrected chi connectivity index (χ4v) is 0.622. The number of rotatable bonds is 1. The molecule has 0 spiro atoms. The highest BCUT2D eigenvalue weighted by Gasteiger charge is 1.88. The van der Waals surface area contributed by atoms with E-state index in [1.54, 1.807) is 30.3 Å². The Balaban J connectivity index is 2.90. The molecule has 0 radical (unpaired) electrons. The molecular weight excluding hydrogens is 142 g/mol. The zero-order chi connectivity index (χ0) is 8.10. The lowest BCUT2D eigenvalue weighted by Crippen LogP contribution is -1.85. The first-order valence-corrected chi connectivity index (χ1v) is 2.96. The molecule has 0 aliphatic carbocycles. The van der Waals surface area contributed by atoms with Gasteiger partial charge in [-0.15, -0.1) is 0 Å². The minimum Gasteiger partial charge on any atom is -0.682 e. The molecule has 1 rings (SSSR count). The first kappa shape index (κ1) is 7.22. The van der Waals surface area contributed by atoms with Crippen molar-refractivity contribution in [2.45, 2.75) is 0 Å². The predicted octanol–water partition coefficient (Wildman–Crippen LogP) is 1.76. The van der Waals surface area contributed by atoms with E-state index in [4.69, 9.17) is 5.26 Å². The molecule has 1 aromatic rings. The molecule has 11 heavy (non-hydrogen) atoms. The lowest BCUT2D eigenvalue weighted by Gasteiger charge is -1.92. The van der Waals surface area contributed by atoms with E-state index in [9.17, 15) is 5.21 Å². The smallest absolute Gasteiger partial charge is 0.485 e. The molecule has 0 aromatic heterocycles. The number of hydrogen-bond donors (Lipinski definition) is 0. The number of nitriles is 1. The fourth-order valence-electron chi connectivity index (χ4n) is 0.622. The number of benzene rings is 1. The normalized spacial score (nSPS) is 10.6. The molecule has 0 saturated carbocycles. The molecule has 0 saturated heterocycles. The lowest BCUT2D eigenvalue weighted by molar-refractivity contribution is -0.433. The first-order chi connectivity index (χ1) is 5.33. The third-order valence-electron chi connectivity index (χ3n) is 1.05. The molecule has 4 heteroatoms. The molecular formula is C7H5N3O. The van der Waals surface area contributed by atoms with Crippen molar-refractivity contribution in [3.8, 4) is 6.19 Å². The largest absolute Gasteiger partial charge is 0.682 e. The first-order valence-electron chi connectivity index (χ1n) is 2.96. The molecule has 0 fully saturated rings. The summed E-state index contributed by atoms with van der Waals surface area (Å²) in [7, 11) is 0. The van der Waals surface area contributed by atoms with Gasteiger partial charge in [0, 0.05) is 0 Å². The molecule has 0 N–H and O–H groups in total. The zero-order valence-corrected chi connectivity index (χ0v) is 5.64. The number of hydroxylamine groups is 1. The molecule has 4 nitrogen and oxygen atoms in total. The highest BCUT2D eigenvalue weighted by Crippen LogP contribution is 2.08. The van der Waals surface area contributed by atoms with Gasteiger partial charge >= 0.3 is 6.19 Å². The van der Waals surface area contributed by atoms with Gasteiger partial charge < -0.3 is 5.21 Å². The van der Waals surface area contributed by atoms with Gasteiger partial charge in [-0.2, -0.15) is 0 Å². The summed E-state index contributed by atoms with van der Waals surface area (Å²) in [5, 5.41) is 21.8. The van der Waals surface area contributed by atoms with Crippen LogP contribution in [0.25, 0.3) is 0 Å². The highest BCUT2D eigenvalue weighted by atomic mass is 16.5. The van der Waals surface area contributed by atoms with E-state index in [1.165, 1.54) is 6.19 Å². The second-order valence-electron chi connectivity index (χ2n) is 1.81. The van der Waals surface area contributed by atoms with Crippen LogP contribution in [0.5, 0.6) is 0 Å². The third-order valence-corrected chi connectivity index (χ3v) is 1.05. The summed E-state index contributed by atoms with van der Waals surface area (Å²) in [6, 6.07) is 8.57. The van der Waals surface area contributed by atoms with Crippen molar-refractivity contribution in [3.63, 3.8) is 0 Å². The predicted molar refractivity (Wildman–Crippen MR) is 37.8 cm³/mol. The van der Waals surface area contributed by atoms with Crippen molar-refractivity contribution in [3.05, 3.63) is 35.5 Å². The second kappa shape index (κ2) is 3.32. The van der Waals surface area contributed by atoms with Crippen molar-refractivity contribution in [2.24, 2.45) is 5.11 Å². The van der Waals surface area contributed by atoms with Gasteiger partial charge in [0.15, 0.2) is 5.26 Å². The Labute approximate surface area is 63.6 Å². The molecule has 0 bridgehead atoms. The van der Waals surface area contributed by atoms with Gasteiger partial charge in [-0.1, -0.05) is 28.2 Å². The van der Waals surface area contributed by atoms with Gasteiger partial charge in [-0.25, -0.2) is 0 Å². The molecule has 0 unspecified atom stereocenters. The van der Waals surface area contributed by atoms with E-state index < -0.39 is 0 Å². The van der Waals surface area contributed by atoms with Crippen LogP contribution >= 0.6 is 0 Å². The maximum atomic E-state index is 10.4. The monoisotopic (exact) mass is 147 g/mol. The Morgan fingerprint density at radius 3 is 2.55 bits per heavy atom. The average molecular weight is 147 g/mol. The summed E-state index contributed by atoms with van der Waals surface area (Å²) in [5.41, 5.74) is 0.476. The molecule has 0 aliphatic rings. The number of hydrogen-bond acceptors (Lipinski definition) is 3. The summed E-state index contributed by atoms with van der Waals surface area (Å²) in [6.45, 7) is 0. The van der Waals surface area contributed by atoms with E-state index in [1.807, 2.05) is 0 Å². The topological polar surface area (TPSA) is 62.2 Å². The zero-order valence-electron chi connectivity index (χ0n) is 5.64. The highest BCUT2D eigenvalue weighted by molar-refractivity contribution is 5.34. The van der Waals surface area contributed by atoms with Crippen molar-refractivity contribution in [2.75, 3.05) is 0 Å². The summed E-state index contributed by atoms with van der Waals surface area (Å²) in [4.78, 5) is -0.0324. The van der Waals surface area contributed by atoms with Crippen LogP contribution in [0.4, 0.5) is 5.69 Å².